The highest BCUT2D eigenvalue weighted by Crippen LogP contribution is 2.32. The first-order valence-corrected chi connectivity index (χ1v) is 9.05. The Kier molecular flexibility index (Phi) is 3.44. The topological polar surface area (TPSA) is 58.0 Å². The molecule has 1 fully saturated rings. The van der Waals surface area contributed by atoms with E-state index in [4.69, 9.17) is 4.98 Å². The second-order valence-electron chi connectivity index (χ2n) is 6.89. The zero-order valence-electron chi connectivity index (χ0n) is 14.1. The molecular formula is C20H21N5. The van der Waals surface area contributed by atoms with Gasteiger partial charge in [-0.25, -0.2) is 4.98 Å². The third-order valence-corrected chi connectivity index (χ3v) is 5.19. The number of rotatable bonds is 3. The minimum atomic E-state index is 0.531. The van der Waals surface area contributed by atoms with Crippen molar-refractivity contribution in [1.29, 1.82) is 0 Å². The number of imidazole rings is 1. The van der Waals surface area contributed by atoms with Crippen molar-refractivity contribution >= 4 is 22.4 Å². The van der Waals surface area contributed by atoms with Gasteiger partial charge < -0.3 is 5.32 Å². The average Bonchev–Trinajstić information content (AvgIpc) is 3.27. The Morgan fingerprint density at radius 1 is 1.08 bits per heavy atom. The van der Waals surface area contributed by atoms with Gasteiger partial charge in [0.25, 0.3) is 0 Å². The predicted molar refractivity (Wildman–Crippen MR) is 101 cm³/mol. The number of nitrogens with one attached hydrogen (secondary N) is 2. The monoisotopic (exact) mass is 331 g/mol. The Morgan fingerprint density at radius 3 is 2.92 bits per heavy atom. The first-order valence-electron chi connectivity index (χ1n) is 9.05. The average molecular weight is 331 g/mol. The van der Waals surface area contributed by atoms with Crippen LogP contribution in [0.3, 0.4) is 0 Å². The molecule has 0 aliphatic heterocycles. The molecule has 0 spiro atoms. The number of aromatic nitrogens is 4. The fourth-order valence-corrected chi connectivity index (χ4v) is 3.86. The minimum absolute atomic E-state index is 0.531. The van der Waals surface area contributed by atoms with Crippen molar-refractivity contribution in [3.63, 3.8) is 0 Å². The van der Waals surface area contributed by atoms with Crippen LogP contribution in [-0.2, 0) is 0 Å². The quantitative estimate of drug-likeness (QED) is 0.576. The molecule has 5 nitrogen and oxygen atoms in total. The van der Waals surface area contributed by atoms with E-state index in [-0.39, 0.29) is 0 Å². The number of benzene rings is 1. The van der Waals surface area contributed by atoms with Gasteiger partial charge in [0.15, 0.2) is 0 Å². The maximum Gasteiger partial charge on any atom is 0.139 e. The molecule has 0 saturated heterocycles. The van der Waals surface area contributed by atoms with Crippen molar-refractivity contribution in [2.75, 3.05) is 5.32 Å². The number of hydrogen-bond acceptors (Lipinski definition) is 3. The molecule has 0 amide bonds. The molecule has 3 aromatic heterocycles. The Morgan fingerprint density at radius 2 is 2.00 bits per heavy atom. The van der Waals surface area contributed by atoms with Crippen LogP contribution in [0.4, 0.5) is 5.82 Å². The summed E-state index contributed by atoms with van der Waals surface area (Å²) in [6.07, 6.45) is 10.4. The molecule has 5 rings (SSSR count). The number of aromatic amines is 1. The van der Waals surface area contributed by atoms with Gasteiger partial charge in [-0.05, 0) is 31.0 Å². The SMILES string of the molecule is c1ccn2c(NC3CCCCC3)c(-c3ccc4cn[nH]c4c3)nc2c1. The van der Waals surface area contributed by atoms with Gasteiger partial charge in [-0.1, -0.05) is 37.5 Å². The second-order valence-corrected chi connectivity index (χ2v) is 6.89. The third kappa shape index (κ3) is 2.56. The van der Waals surface area contributed by atoms with E-state index in [0.29, 0.717) is 6.04 Å². The van der Waals surface area contributed by atoms with Crippen molar-refractivity contribution < 1.29 is 0 Å². The molecule has 1 saturated carbocycles. The van der Waals surface area contributed by atoms with Gasteiger partial charge in [0.1, 0.15) is 17.2 Å². The van der Waals surface area contributed by atoms with Crippen LogP contribution in [0.25, 0.3) is 27.8 Å². The van der Waals surface area contributed by atoms with Crippen LogP contribution in [0.1, 0.15) is 32.1 Å². The lowest BCUT2D eigenvalue weighted by molar-refractivity contribution is 0.462. The maximum absolute atomic E-state index is 4.91. The van der Waals surface area contributed by atoms with Crippen molar-refractivity contribution in [3.8, 4) is 11.3 Å². The van der Waals surface area contributed by atoms with E-state index in [0.717, 1.165) is 33.6 Å². The van der Waals surface area contributed by atoms with E-state index >= 15 is 0 Å². The van der Waals surface area contributed by atoms with Gasteiger partial charge in [-0.3, -0.25) is 9.50 Å². The molecule has 1 aliphatic rings. The van der Waals surface area contributed by atoms with Crippen LogP contribution in [0, 0.1) is 0 Å². The van der Waals surface area contributed by atoms with Crippen molar-refractivity contribution in [1.82, 2.24) is 19.6 Å². The predicted octanol–water partition coefficient (Wildman–Crippen LogP) is 4.62. The van der Waals surface area contributed by atoms with E-state index < -0.39 is 0 Å². The van der Waals surface area contributed by atoms with Crippen LogP contribution in [0.15, 0.2) is 48.8 Å². The summed E-state index contributed by atoms with van der Waals surface area (Å²) in [5, 5.41) is 12.1. The third-order valence-electron chi connectivity index (χ3n) is 5.19. The summed E-state index contributed by atoms with van der Waals surface area (Å²) < 4.78 is 2.17. The Labute approximate surface area is 146 Å². The normalized spacial score (nSPS) is 15.8. The molecule has 2 N–H and O–H groups in total. The van der Waals surface area contributed by atoms with Crippen LogP contribution in [-0.4, -0.2) is 25.6 Å². The molecule has 25 heavy (non-hydrogen) atoms. The van der Waals surface area contributed by atoms with Crippen molar-refractivity contribution in [2.24, 2.45) is 0 Å². The highest BCUT2D eigenvalue weighted by molar-refractivity contribution is 5.86. The number of hydrogen-bond donors (Lipinski definition) is 2. The number of H-pyrrole nitrogens is 1. The highest BCUT2D eigenvalue weighted by Gasteiger charge is 2.19. The summed E-state index contributed by atoms with van der Waals surface area (Å²) in [5.74, 6) is 1.10. The van der Waals surface area contributed by atoms with E-state index in [2.05, 4.69) is 56.4 Å². The molecule has 4 aromatic rings. The lowest BCUT2D eigenvalue weighted by Gasteiger charge is -2.24. The van der Waals surface area contributed by atoms with Crippen molar-refractivity contribution in [2.45, 2.75) is 38.1 Å². The van der Waals surface area contributed by atoms with Gasteiger partial charge in [-0.15, -0.1) is 0 Å². The second kappa shape index (κ2) is 5.92. The molecular weight excluding hydrogens is 310 g/mol. The smallest absolute Gasteiger partial charge is 0.139 e. The Hall–Kier alpha value is -2.82. The number of nitrogens with zero attached hydrogens (tertiary/aromatic N) is 3. The molecule has 0 bridgehead atoms. The molecule has 1 aliphatic carbocycles. The zero-order valence-corrected chi connectivity index (χ0v) is 14.1. The molecule has 5 heteroatoms. The lowest BCUT2D eigenvalue weighted by Crippen LogP contribution is -2.23. The molecule has 3 heterocycles. The number of anilines is 1. The largest absolute Gasteiger partial charge is 0.367 e. The fraction of sp³-hybridized carbons (Fsp3) is 0.300. The summed E-state index contributed by atoms with van der Waals surface area (Å²) in [7, 11) is 0. The number of pyridine rings is 1. The summed E-state index contributed by atoms with van der Waals surface area (Å²) in [6.45, 7) is 0. The first-order chi connectivity index (χ1) is 12.4. The zero-order chi connectivity index (χ0) is 16.6. The van der Waals surface area contributed by atoms with Crippen LogP contribution in [0.2, 0.25) is 0 Å². The fourth-order valence-electron chi connectivity index (χ4n) is 3.86. The van der Waals surface area contributed by atoms with Crippen LogP contribution in [0.5, 0.6) is 0 Å². The van der Waals surface area contributed by atoms with Crippen LogP contribution < -0.4 is 5.32 Å². The van der Waals surface area contributed by atoms with Gasteiger partial charge in [0, 0.05) is 23.2 Å². The molecule has 1 aromatic carbocycles. The number of fused-ring (bicyclic) bond motifs is 2. The van der Waals surface area contributed by atoms with Crippen LogP contribution >= 0.6 is 0 Å². The van der Waals surface area contributed by atoms with Gasteiger partial charge >= 0.3 is 0 Å². The Balaban J connectivity index is 1.64. The van der Waals surface area contributed by atoms with E-state index in [1.54, 1.807) is 0 Å². The lowest BCUT2D eigenvalue weighted by atomic mass is 9.95. The molecule has 0 atom stereocenters. The summed E-state index contributed by atoms with van der Waals surface area (Å²) in [6, 6.07) is 13.1. The van der Waals surface area contributed by atoms with E-state index in [1.807, 2.05) is 12.3 Å². The summed E-state index contributed by atoms with van der Waals surface area (Å²) in [4.78, 5) is 4.91. The standard InChI is InChI=1S/C20H21N5/c1-2-6-16(7-3-1)22-20-19(23-18-8-4-5-11-25(18)20)14-9-10-15-13-21-24-17(15)12-14/h4-5,8-13,16,22H,1-3,6-7H2,(H,21,24). The molecule has 126 valence electrons. The summed E-state index contributed by atoms with van der Waals surface area (Å²) in [5.41, 5.74) is 4.13. The summed E-state index contributed by atoms with van der Waals surface area (Å²) >= 11 is 0. The van der Waals surface area contributed by atoms with Gasteiger partial charge in [0.2, 0.25) is 0 Å². The van der Waals surface area contributed by atoms with E-state index in [9.17, 15) is 0 Å². The minimum Gasteiger partial charge on any atom is -0.367 e. The van der Waals surface area contributed by atoms with E-state index in [1.165, 1.54) is 32.1 Å². The first kappa shape index (κ1) is 14.5. The molecule has 0 unspecified atom stereocenters. The Bertz CT molecular complexity index is 1020. The molecule has 0 radical (unpaired) electrons. The maximum atomic E-state index is 4.91. The van der Waals surface area contributed by atoms with Crippen molar-refractivity contribution in [3.05, 3.63) is 48.8 Å². The van der Waals surface area contributed by atoms with Gasteiger partial charge in [0.05, 0.1) is 11.7 Å². The van der Waals surface area contributed by atoms with Gasteiger partial charge in [-0.2, -0.15) is 5.10 Å². The highest BCUT2D eigenvalue weighted by atomic mass is 15.1.